The second kappa shape index (κ2) is 4.39. The van der Waals surface area contributed by atoms with E-state index in [1.165, 1.54) is 0 Å². The molecule has 18 heavy (non-hydrogen) atoms. The van der Waals surface area contributed by atoms with E-state index in [9.17, 15) is 4.79 Å². The minimum absolute atomic E-state index is 0.0576. The Morgan fingerprint density at radius 3 is 2.67 bits per heavy atom. The van der Waals surface area contributed by atoms with Crippen molar-refractivity contribution in [2.45, 2.75) is 58.3 Å². The number of hydrogen-bond donors (Lipinski definition) is 1. The molecule has 5 heteroatoms. The van der Waals surface area contributed by atoms with Gasteiger partial charge in [-0.1, -0.05) is 0 Å². The lowest BCUT2D eigenvalue weighted by Crippen LogP contribution is -2.45. The van der Waals surface area contributed by atoms with Gasteiger partial charge < -0.3 is 10.6 Å². The summed E-state index contributed by atoms with van der Waals surface area (Å²) in [4.78, 5) is 14.0. The van der Waals surface area contributed by atoms with Crippen molar-refractivity contribution in [1.29, 1.82) is 0 Å². The third-order valence-corrected chi connectivity index (χ3v) is 3.40. The second-order valence-corrected chi connectivity index (χ2v) is 5.88. The molecule has 0 spiro atoms. The zero-order valence-corrected chi connectivity index (χ0v) is 11.6. The van der Waals surface area contributed by atoms with Crippen LogP contribution < -0.4 is 5.73 Å². The molecule has 1 saturated heterocycles. The van der Waals surface area contributed by atoms with Gasteiger partial charge in [-0.3, -0.25) is 9.48 Å². The van der Waals surface area contributed by atoms with Gasteiger partial charge in [-0.15, -0.1) is 0 Å². The number of likely N-dealkylation sites (tertiary alicyclic amines) is 1. The van der Waals surface area contributed by atoms with Gasteiger partial charge >= 0.3 is 0 Å². The maximum absolute atomic E-state index is 12.1. The smallest absolute Gasteiger partial charge is 0.225 e. The van der Waals surface area contributed by atoms with Crippen molar-refractivity contribution in [3.63, 3.8) is 0 Å². The van der Waals surface area contributed by atoms with Crippen molar-refractivity contribution in [2.75, 3.05) is 0 Å². The average molecular weight is 250 g/mol. The number of nitrogens with zero attached hydrogens (tertiary/aromatic N) is 3. The number of rotatable bonds is 2. The zero-order chi connectivity index (χ0) is 13.5. The Hall–Kier alpha value is -1.36. The Bertz CT molecular complexity index is 446. The van der Waals surface area contributed by atoms with Crippen molar-refractivity contribution in [2.24, 2.45) is 5.73 Å². The largest absolute Gasteiger partial charge is 0.329 e. The van der Waals surface area contributed by atoms with Gasteiger partial charge in [-0.05, 0) is 27.7 Å². The molecule has 2 rings (SSSR count). The fourth-order valence-corrected chi connectivity index (χ4v) is 2.65. The van der Waals surface area contributed by atoms with E-state index in [2.05, 4.69) is 5.10 Å². The number of aromatic nitrogens is 2. The van der Waals surface area contributed by atoms with Crippen molar-refractivity contribution >= 4 is 5.91 Å². The number of nitrogens with two attached hydrogens (primary N) is 1. The summed E-state index contributed by atoms with van der Waals surface area (Å²) in [6.07, 6.45) is 4.23. The molecule has 1 aromatic rings. The standard InChI is InChI=1S/C13H22N4O/c1-5-16-8-9(7-15-16)12-10(14)6-11(18)17(12)13(2,3)4/h7-8,10,12H,5-6,14H2,1-4H3. The van der Waals surface area contributed by atoms with Crippen LogP contribution in [0.1, 0.15) is 45.7 Å². The molecule has 0 radical (unpaired) electrons. The first-order valence-corrected chi connectivity index (χ1v) is 6.44. The molecule has 2 N–H and O–H groups in total. The summed E-state index contributed by atoms with van der Waals surface area (Å²) < 4.78 is 1.87. The van der Waals surface area contributed by atoms with Gasteiger partial charge in [0.2, 0.25) is 5.91 Å². The molecular formula is C13H22N4O. The summed E-state index contributed by atoms with van der Waals surface area (Å²) in [6, 6.07) is -0.205. The molecule has 1 fully saturated rings. The van der Waals surface area contributed by atoms with Gasteiger partial charge in [0.1, 0.15) is 0 Å². The zero-order valence-electron chi connectivity index (χ0n) is 11.6. The van der Waals surface area contributed by atoms with E-state index in [-0.39, 0.29) is 23.5 Å². The van der Waals surface area contributed by atoms with Crippen LogP contribution in [0.5, 0.6) is 0 Å². The predicted octanol–water partition coefficient (Wildman–Crippen LogP) is 1.30. The predicted molar refractivity (Wildman–Crippen MR) is 69.8 cm³/mol. The fraction of sp³-hybridized carbons (Fsp3) is 0.692. The lowest BCUT2D eigenvalue weighted by molar-refractivity contribution is -0.133. The first-order chi connectivity index (χ1) is 8.34. The van der Waals surface area contributed by atoms with E-state index in [0.717, 1.165) is 12.1 Å². The Kier molecular flexibility index (Phi) is 3.19. The highest BCUT2D eigenvalue weighted by Crippen LogP contribution is 2.37. The second-order valence-electron chi connectivity index (χ2n) is 5.88. The van der Waals surface area contributed by atoms with E-state index in [1.54, 1.807) is 0 Å². The molecule has 2 atom stereocenters. The molecular weight excluding hydrogens is 228 g/mol. The first kappa shape index (κ1) is 13.1. The Morgan fingerprint density at radius 2 is 2.17 bits per heavy atom. The van der Waals surface area contributed by atoms with E-state index in [4.69, 9.17) is 5.73 Å². The fourth-order valence-electron chi connectivity index (χ4n) is 2.65. The summed E-state index contributed by atoms with van der Waals surface area (Å²) in [5, 5.41) is 4.28. The van der Waals surface area contributed by atoms with Gasteiger partial charge in [-0.2, -0.15) is 5.10 Å². The molecule has 1 aliphatic heterocycles. The highest BCUT2D eigenvalue weighted by atomic mass is 16.2. The van der Waals surface area contributed by atoms with Crippen LogP contribution in [0.3, 0.4) is 0 Å². The van der Waals surface area contributed by atoms with Gasteiger partial charge in [0, 0.05) is 36.3 Å². The van der Waals surface area contributed by atoms with Crippen LogP contribution in [0.15, 0.2) is 12.4 Å². The van der Waals surface area contributed by atoms with E-state index >= 15 is 0 Å². The summed E-state index contributed by atoms with van der Waals surface area (Å²) in [5.74, 6) is 0.129. The van der Waals surface area contributed by atoms with Crippen molar-refractivity contribution in [3.8, 4) is 0 Å². The maximum Gasteiger partial charge on any atom is 0.225 e. The van der Waals surface area contributed by atoms with E-state index in [0.29, 0.717) is 6.42 Å². The van der Waals surface area contributed by atoms with Crippen molar-refractivity contribution < 1.29 is 4.79 Å². The first-order valence-electron chi connectivity index (χ1n) is 6.44. The molecule has 1 amide bonds. The molecule has 0 saturated carbocycles. The van der Waals surface area contributed by atoms with Gasteiger partial charge in [0.05, 0.1) is 12.2 Å². The number of carbonyl (C=O) groups is 1. The lowest BCUT2D eigenvalue weighted by Gasteiger charge is -2.37. The molecule has 2 unspecified atom stereocenters. The summed E-state index contributed by atoms with van der Waals surface area (Å²) in [5.41, 5.74) is 6.95. The molecule has 1 aromatic heterocycles. The lowest BCUT2D eigenvalue weighted by atomic mass is 9.99. The highest BCUT2D eigenvalue weighted by Gasteiger charge is 2.44. The van der Waals surface area contributed by atoms with Gasteiger partial charge in [-0.25, -0.2) is 0 Å². The van der Waals surface area contributed by atoms with Crippen molar-refractivity contribution in [1.82, 2.24) is 14.7 Å². The van der Waals surface area contributed by atoms with E-state index < -0.39 is 0 Å². The molecule has 0 aromatic carbocycles. The molecule has 100 valence electrons. The van der Waals surface area contributed by atoms with Crippen LogP contribution in [0.4, 0.5) is 0 Å². The van der Waals surface area contributed by atoms with Crippen molar-refractivity contribution in [3.05, 3.63) is 18.0 Å². The van der Waals surface area contributed by atoms with Crippen LogP contribution in [0.2, 0.25) is 0 Å². The molecule has 5 nitrogen and oxygen atoms in total. The summed E-state index contributed by atoms with van der Waals surface area (Å²) >= 11 is 0. The molecule has 2 heterocycles. The highest BCUT2D eigenvalue weighted by molar-refractivity contribution is 5.81. The normalized spacial score (nSPS) is 24.9. The molecule has 0 aliphatic carbocycles. The Balaban J connectivity index is 2.36. The quantitative estimate of drug-likeness (QED) is 0.860. The number of amides is 1. The average Bonchev–Trinajstić information content (AvgIpc) is 2.80. The molecule has 1 aliphatic rings. The third kappa shape index (κ3) is 2.14. The minimum atomic E-state index is -0.218. The van der Waals surface area contributed by atoms with Crippen LogP contribution in [0.25, 0.3) is 0 Å². The van der Waals surface area contributed by atoms with Crippen LogP contribution in [-0.2, 0) is 11.3 Å². The minimum Gasteiger partial charge on any atom is -0.329 e. The van der Waals surface area contributed by atoms with Crippen LogP contribution in [0, 0.1) is 0 Å². The summed E-state index contributed by atoms with van der Waals surface area (Å²) in [6.45, 7) is 8.99. The van der Waals surface area contributed by atoms with Gasteiger partial charge in [0.25, 0.3) is 0 Å². The maximum atomic E-state index is 12.1. The van der Waals surface area contributed by atoms with Crippen LogP contribution in [-0.4, -0.2) is 32.2 Å². The monoisotopic (exact) mass is 250 g/mol. The SMILES string of the molecule is CCn1cc(C2C(N)CC(=O)N2C(C)(C)C)cn1. The molecule has 0 bridgehead atoms. The number of hydrogen-bond acceptors (Lipinski definition) is 3. The van der Waals surface area contributed by atoms with Crippen LogP contribution >= 0.6 is 0 Å². The van der Waals surface area contributed by atoms with Gasteiger partial charge in [0.15, 0.2) is 0 Å². The Morgan fingerprint density at radius 1 is 1.50 bits per heavy atom. The third-order valence-electron chi connectivity index (χ3n) is 3.40. The summed E-state index contributed by atoms with van der Waals surface area (Å²) in [7, 11) is 0. The van der Waals surface area contributed by atoms with E-state index in [1.807, 2.05) is 49.7 Å². The topological polar surface area (TPSA) is 64.2 Å². The Labute approximate surface area is 108 Å². The number of carbonyl (C=O) groups excluding carboxylic acids is 1. The number of aryl methyl sites for hydroxylation is 1.